The van der Waals surface area contributed by atoms with E-state index in [-0.39, 0.29) is 29.0 Å². The first-order valence-electron chi connectivity index (χ1n) is 3.58. The Morgan fingerprint density at radius 1 is 1.09 bits per heavy atom. The summed E-state index contributed by atoms with van der Waals surface area (Å²) in [7, 11) is 0. The summed E-state index contributed by atoms with van der Waals surface area (Å²) in [5, 5.41) is 8.53. The predicted octanol–water partition coefficient (Wildman–Crippen LogP) is 1.61. The van der Waals surface area contributed by atoms with E-state index in [4.69, 9.17) is 5.11 Å². The Bertz CT molecular complexity index is 174. The molecule has 0 amide bonds. The third-order valence-electron chi connectivity index (χ3n) is 1.47. The van der Waals surface area contributed by atoms with Crippen molar-refractivity contribution < 1.29 is 27.5 Å². The number of hydrogen-bond acceptors (Lipinski definition) is 1. The molecule has 0 fully saturated rings. The molecule has 1 aromatic rings. The van der Waals surface area contributed by atoms with E-state index in [1.54, 1.807) is 0 Å². The van der Waals surface area contributed by atoms with Crippen LogP contribution in [0.15, 0.2) is 30.3 Å². The van der Waals surface area contributed by atoms with Crippen molar-refractivity contribution in [1.29, 1.82) is 0 Å². The quantitative estimate of drug-likeness (QED) is 0.834. The molecule has 0 unspecified atom stereocenters. The van der Waals surface area contributed by atoms with Crippen molar-refractivity contribution in [3.8, 4) is 0 Å². The maximum absolute atomic E-state index is 8.53. The fraction of sp³-hybridized carbons (Fsp3) is 0.333. The van der Waals surface area contributed by atoms with Crippen LogP contribution >= 0.6 is 0 Å². The molecule has 65 valence electrons. The van der Waals surface area contributed by atoms with Gasteiger partial charge >= 0.3 is 0 Å². The van der Waals surface area contributed by atoms with Crippen molar-refractivity contribution in [3.05, 3.63) is 35.9 Å². The second kappa shape index (κ2) is 6.62. The Labute approximate surface area is 83.0 Å². The number of aliphatic hydroxyl groups excluding tert-OH is 1. The van der Waals surface area contributed by atoms with Gasteiger partial charge in [0.2, 0.25) is 0 Å². The molecule has 0 aliphatic rings. The van der Waals surface area contributed by atoms with Crippen LogP contribution in [0.3, 0.4) is 0 Å². The fourth-order valence-corrected chi connectivity index (χ4v) is 0.928. The zero-order chi connectivity index (χ0) is 7.23. The van der Waals surface area contributed by atoms with Crippen LogP contribution in [-0.4, -0.2) is 11.7 Å². The largest absolute Gasteiger partial charge is 0.396 e. The third-order valence-corrected chi connectivity index (χ3v) is 1.47. The Morgan fingerprint density at radius 3 is 2.27 bits per heavy atom. The summed E-state index contributed by atoms with van der Waals surface area (Å²) in [6.07, 6.45) is 1.85. The molecule has 1 N–H and O–H groups in total. The molecular formula is C9H12AuO. The molecule has 2 heteroatoms. The van der Waals surface area contributed by atoms with Gasteiger partial charge in [-0.05, 0) is 18.4 Å². The average Bonchev–Trinajstić information content (AvgIpc) is 2.03. The van der Waals surface area contributed by atoms with E-state index in [1.165, 1.54) is 5.56 Å². The Morgan fingerprint density at radius 2 is 1.73 bits per heavy atom. The summed E-state index contributed by atoms with van der Waals surface area (Å²) in [5.41, 5.74) is 1.30. The van der Waals surface area contributed by atoms with Gasteiger partial charge in [0, 0.05) is 29.0 Å². The second-order valence-corrected chi connectivity index (χ2v) is 2.31. The zero-order valence-corrected chi connectivity index (χ0v) is 8.42. The Balaban J connectivity index is 0.000001000. The van der Waals surface area contributed by atoms with Crippen LogP contribution in [0.1, 0.15) is 12.0 Å². The molecule has 1 rings (SSSR count). The molecular weight excluding hydrogens is 321 g/mol. The van der Waals surface area contributed by atoms with Gasteiger partial charge in [-0.3, -0.25) is 0 Å². The van der Waals surface area contributed by atoms with Crippen LogP contribution in [0.4, 0.5) is 0 Å². The number of benzene rings is 1. The third kappa shape index (κ3) is 4.38. The zero-order valence-electron chi connectivity index (χ0n) is 6.26. The Kier molecular flexibility index (Phi) is 6.57. The van der Waals surface area contributed by atoms with Gasteiger partial charge in [0.05, 0.1) is 0 Å². The molecule has 11 heavy (non-hydrogen) atoms. The van der Waals surface area contributed by atoms with E-state index < -0.39 is 0 Å². The number of aliphatic hydroxyl groups is 1. The average molecular weight is 333 g/mol. The molecule has 0 bridgehead atoms. The number of rotatable bonds is 3. The smallest absolute Gasteiger partial charge is 0.0434 e. The van der Waals surface area contributed by atoms with Gasteiger partial charge in [-0.2, -0.15) is 0 Å². The van der Waals surface area contributed by atoms with Gasteiger partial charge in [0.25, 0.3) is 0 Å². The van der Waals surface area contributed by atoms with Crippen LogP contribution in [0.5, 0.6) is 0 Å². The molecule has 0 aliphatic carbocycles. The van der Waals surface area contributed by atoms with Crippen molar-refractivity contribution >= 4 is 0 Å². The molecule has 1 radical (unpaired) electrons. The molecule has 1 nitrogen and oxygen atoms in total. The van der Waals surface area contributed by atoms with Crippen molar-refractivity contribution in [3.63, 3.8) is 0 Å². The van der Waals surface area contributed by atoms with Gasteiger partial charge in [0.1, 0.15) is 0 Å². The first kappa shape index (κ1) is 10.9. The summed E-state index contributed by atoms with van der Waals surface area (Å²) in [5.74, 6) is 0. The molecule has 0 aromatic heterocycles. The van der Waals surface area contributed by atoms with Gasteiger partial charge in [0.15, 0.2) is 0 Å². The number of hydrogen-bond donors (Lipinski definition) is 1. The summed E-state index contributed by atoms with van der Waals surface area (Å²) in [6.45, 7) is 0.287. The van der Waals surface area contributed by atoms with Crippen molar-refractivity contribution in [2.75, 3.05) is 6.61 Å². The van der Waals surface area contributed by atoms with Gasteiger partial charge in [-0.15, -0.1) is 0 Å². The van der Waals surface area contributed by atoms with Crippen LogP contribution in [0.25, 0.3) is 0 Å². The standard InChI is InChI=1S/C9H12O.Au/c10-8-4-7-9-5-2-1-3-6-9;/h1-3,5-6,10H,4,7-8H2;. The maximum Gasteiger partial charge on any atom is 0.0434 e. The van der Waals surface area contributed by atoms with E-state index >= 15 is 0 Å². The van der Waals surface area contributed by atoms with Crippen LogP contribution in [0.2, 0.25) is 0 Å². The van der Waals surface area contributed by atoms with Crippen LogP contribution in [0, 0.1) is 0 Å². The molecule has 0 aliphatic heterocycles. The molecule has 0 saturated heterocycles. The summed E-state index contributed by atoms with van der Waals surface area (Å²) in [4.78, 5) is 0. The summed E-state index contributed by atoms with van der Waals surface area (Å²) >= 11 is 0. The van der Waals surface area contributed by atoms with Gasteiger partial charge in [-0.25, -0.2) is 0 Å². The first-order valence-corrected chi connectivity index (χ1v) is 3.58. The normalized spacial score (nSPS) is 8.82. The second-order valence-electron chi connectivity index (χ2n) is 2.31. The molecule has 0 atom stereocenters. The molecule has 0 spiro atoms. The fourth-order valence-electron chi connectivity index (χ4n) is 0.928. The summed E-state index contributed by atoms with van der Waals surface area (Å²) in [6, 6.07) is 10.2. The topological polar surface area (TPSA) is 20.2 Å². The van der Waals surface area contributed by atoms with E-state index in [0.717, 1.165) is 12.8 Å². The summed E-state index contributed by atoms with van der Waals surface area (Å²) < 4.78 is 0. The van der Waals surface area contributed by atoms with Crippen LogP contribution < -0.4 is 0 Å². The molecule has 1 aromatic carbocycles. The minimum Gasteiger partial charge on any atom is -0.396 e. The maximum atomic E-state index is 8.53. The SMILES string of the molecule is OCCCc1ccccc1.[Au]. The first-order chi connectivity index (χ1) is 4.93. The monoisotopic (exact) mass is 333 g/mol. The minimum atomic E-state index is 0. The number of aryl methyl sites for hydroxylation is 1. The Hall–Kier alpha value is -0.0797. The van der Waals surface area contributed by atoms with E-state index in [9.17, 15) is 0 Å². The van der Waals surface area contributed by atoms with E-state index in [2.05, 4.69) is 12.1 Å². The van der Waals surface area contributed by atoms with Crippen molar-refractivity contribution in [2.45, 2.75) is 12.8 Å². The van der Waals surface area contributed by atoms with E-state index in [1.807, 2.05) is 18.2 Å². The minimum absolute atomic E-state index is 0. The van der Waals surface area contributed by atoms with Crippen LogP contribution in [-0.2, 0) is 28.8 Å². The molecule has 0 heterocycles. The van der Waals surface area contributed by atoms with E-state index in [0.29, 0.717) is 0 Å². The molecule has 0 saturated carbocycles. The van der Waals surface area contributed by atoms with Gasteiger partial charge < -0.3 is 5.11 Å². The van der Waals surface area contributed by atoms with Crippen molar-refractivity contribution in [1.82, 2.24) is 0 Å². The predicted molar refractivity (Wildman–Crippen MR) is 41.8 cm³/mol. The van der Waals surface area contributed by atoms with Gasteiger partial charge in [-0.1, -0.05) is 30.3 Å². The van der Waals surface area contributed by atoms with Crippen molar-refractivity contribution in [2.24, 2.45) is 0 Å².